The van der Waals surface area contributed by atoms with Gasteiger partial charge in [-0.2, -0.15) is 0 Å². The SMILES string of the molecule is COc1cccc(-c2ccc(-c3csc4c3C(O)=C(c3ccccc3)C(C=O)N4)cn2)c1. The molecule has 6 heteroatoms. The number of thiophene rings is 1. The lowest BCUT2D eigenvalue weighted by Crippen LogP contribution is -2.27. The quantitative estimate of drug-likeness (QED) is 0.378. The molecule has 4 aromatic rings. The number of aliphatic hydroxyl groups excluding tert-OH is 1. The standard InChI is InChI=1S/C26H20N2O3S/c1-31-19-9-5-8-17(12-19)21-11-10-18(13-27-21)20-15-32-26-24(20)25(30)23(22(14-29)28-26)16-6-3-2-4-7-16/h2-15,22,28,30H,1H3. The molecular formula is C26H20N2O3S. The predicted octanol–water partition coefficient (Wildman–Crippen LogP) is 5.91. The van der Waals surface area contributed by atoms with Crippen LogP contribution in [-0.2, 0) is 4.79 Å². The first-order valence-corrected chi connectivity index (χ1v) is 11.0. The Morgan fingerprint density at radius 3 is 2.56 bits per heavy atom. The van der Waals surface area contributed by atoms with Gasteiger partial charge in [0.25, 0.3) is 0 Å². The summed E-state index contributed by atoms with van der Waals surface area (Å²) in [4.78, 5) is 16.4. The number of aromatic nitrogens is 1. The van der Waals surface area contributed by atoms with Gasteiger partial charge >= 0.3 is 0 Å². The van der Waals surface area contributed by atoms with Gasteiger partial charge in [-0.1, -0.05) is 48.5 Å². The van der Waals surface area contributed by atoms with Crippen molar-refractivity contribution >= 4 is 34.0 Å². The second kappa shape index (κ2) is 8.32. The van der Waals surface area contributed by atoms with E-state index >= 15 is 0 Å². The van der Waals surface area contributed by atoms with Gasteiger partial charge in [0.05, 0.1) is 18.4 Å². The van der Waals surface area contributed by atoms with Crippen molar-refractivity contribution in [3.05, 3.63) is 89.4 Å². The number of hydrogen-bond acceptors (Lipinski definition) is 6. The molecule has 32 heavy (non-hydrogen) atoms. The van der Waals surface area contributed by atoms with Crippen molar-refractivity contribution < 1.29 is 14.6 Å². The first-order chi connectivity index (χ1) is 15.7. The van der Waals surface area contributed by atoms with E-state index in [0.717, 1.165) is 45.0 Å². The molecule has 0 saturated carbocycles. The van der Waals surface area contributed by atoms with Gasteiger partial charge in [-0.25, -0.2) is 0 Å². The van der Waals surface area contributed by atoms with Crippen LogP contribution in [0.15, 0.2) is 78.3 Å². The first-order valence-electron chi connectivity index (χ1n) is 10.1. The number of ether oxygens (including phenoxy) is 1. The Morgan fingerprint density at radius 1 is 1.03 bits per heavy atom. The van der Waals surface area contributed by atoms with E-state index in [1.807, 2.05) is 72.1 Å². The van der Waals surface area contributed by atoms with Gasteiger partial charge in [0.2, 0.25) is 0 Å². The zero-order valence-electron chi connectivity index (χ0n) is 17.3. The topological polar surface area (TPSA) is 71.5 Å². The molecule has 0 bridgehead atoms. The molecule has 0 radical (unpaired) electrons. The highest BCUT2D eigenvalue weighted by atomic mass is 32.1. The number of nitrogens with one attached hydrogen (secondary N) is 1. The number of carbonyl (C=O) groups excluding carboxylic acids is 1. The van der Waals surface area contributed by atoms with Gasteiger partial charge in [-0.3, -0.25) is 4.98 Å². The van der Waals surface area contributed by atoms with Crippen LogP contribution in [-0.4, -0.2) is 29.5 Å². The van der Waals surface area contributed by atoms with Crippen LogP contribution < -0.4 is 10.1 Å². The Kier molecular flexibility index (Phi) is 5.21. The molecule has 3 heterocycles. The fourth-order valence-corrected chi connectivity index (χ4v) is 4.96. The maximum Gasteiger partial charge on any atom is 0.146 e. The largest absolute Gasteiger partial charge is 0.507 e. The third-order valence-electron chi connectivity index (χ3n) is 5.54. The van der Waals surface area contributed by atoms with Gasteiger partial charge in [0, 0.05) is 33.8 Å². The first kappa shape index (κ1) is 20.0. The Hall–Kier alpha value is -3.90. The number of rotatable bonds is 5. The molecule has 5 rings (SSSR count). The normalized spacial score (nSPS) is 15.1. The second-order valence-electron chi connectivity index (χ2n) is 7.40. The van der Waals surface area contributed by atoms with Crippen molar-refractivity contribution in [1.29, 1.82) is 0 Å². The number of fused-ring (bicyclic) bond motifs is 1. The predicted molar refractivity (Wildman–Crippen MR) is 129 cm³/mol. The summed E-state index contributed by atoms with van der Waals surface area (Å²) in [6, 6.07) is 20.6. The van der Waals surface area contributed by atoms with Crippen molar-refractivity contribution in [2.75, 3.05) is 12.4 Å². The molecule has 2 N–H and O–H groups in total. The molecule has 0 aliphatic carbocycles. The number of carbonyl (C=O) groups is 1. The lowest BCUT2D eigenvalue weighted by Gasteiger charge is -2.25. The van der Waals surface area contributed by atoms with E-state index in [-0.39, 0.29) is 5.76 Å². The minimum absolute atomic E-state index is 0.121. The molecule has 0 saturated heterocycles. The van der Waals surface area contributed by atoms with Crippen LogP contribution in [0.3, 0.4) is 0 Å². The molecule has 158 valence electrons. The minimum Gasteiger partial charge on any atom is -0.507 e. The monoisotopic (exact) mass is 440 g/mol. The number of methoxy groups -OCH3 is 1. The minimum atomic E-state index is -0.607. The van der Waals surface area contributed by atoms with Crippen LogP contribution in [0.4, 0.5) is 5.00 Å². The summed E-state index contributed by atoms with van der Waals surface area (Å²) >= 11 is 1.46. The van der Waals surface area contributed by atoms with Gasteiger partial charge < -0.3 is 20.0 Å². The van der Waals surface area contributed by atoms with Crippen molar-refractivity contribution in [2.45, 2.75) is 6.04 Å². The average Bonchev–Trinajstić information content (AvgIpc) is 3.29. The lowest BCUT2D eigenvalue weighted by atomic mass is 9.90. The van der Waals surface area contributed by atoms with Gasteiger partial charge in [-0.15, -0.1) is 11.3 Å². The number of pyridine rings is 1. The molecule has 1 aliphatic rings. The molecule has 2 aromatic carbocycles. The molecular weight excluding hydrogens is 420 g/mol. The maximum absolute atomic E-state index is 11.8. The average molecular weight is 441 g/mol. The van der Waals surface area contributed by atoms with E-state index in [4.69, 9.17) is 4.74 Å². The van der Waals surface area contributed by atoms with Crippen molar-refractivity contribution in [3.63, 3.8) is 0 Å². The van der Waals surface area contributed by atoms with Gasteiger partial charge in [0.15, 0.2) is 0 Å². The molecule has 0 fully saturated rings. The zero-order valence-corrected chi connectivity index (χ0v) is 18.1. The molecule has 0 amide bonds. The highest BCUT2D eigenvalue weighted by Crippen LogP contribution is 2.46. The highest BCUT2D eigenvalue weighted by molar-refractivity contribution is 7.15. The number of anilines is 1. The van der Waals surface area contributed by atoms with Gasteiger partial charge in [0.1, 0.15) is 28.8 Å². The van der Waals surface area contributed by atoms with Crippen LogP contribution in [0.1, 0.15) is 11.1 Å². The summed E-state index contributed by atoms with van der Waals surface area (Å²) in [7, 11) is 1.64. The molecule has 1 aliphatic heterocycles. The molecule has 0 spiro atoms. The number of nitrogens with zero attached hydrogens (tertiary/aromatic N) is 1. The van der Waals surface area contributed by atoms with E-state index in [1.54, 1.807) is 13.3 Å². The number of hydrogen-bond donors (Lipinski definition) is 2. The summed E-state index contributed by atoms with van der Waals surface area (Å²) < 4.78 is 5.31. The molecule has 1 unspecified atom stereocenters. The van der Waals surface area contributed by atoms with Crippen LogP contribution in [0, 0.1) is 0 Å². The Bertz CT molecular complexity index is 1310. The fourth-order valence-electron chi connectivity index (χ4n) is 3.95. The van der Waals surface area contributed by atoms with Gasteiger partial charge in [-0.05, 0) is 23.8 Å². The summed E-state index contributed by atoms with van der Waals surface area (Å²) in [5, 5.41) is 17.3. The summed E-state index contributed by atoms with van der Waals surface area (Å²) in [5.74, 6) is 0.898. The zero-order chi connectivity index (χ0) is 22.1. The van der Waals surface area contributed by atoms with E-state index < -0.39 is 6.04 Å². The highest BCUT2D eigenvalue weighted by Gasteiger charge is 2.31. The van der Waals surface area contributed by atoms with Crippen LogP contribution >= 0.6 is 11.3 Å². The Balaban J connectivity index is 1.57. The third kappa shape index (κ3) is 3.44. The Morgan fingerprint density at radius 2 is 1.84 bits per heavy atom. The van der Waals surface area contributed by atoms with E-state index in [9.17, 15) is 9.90 Å². The summed E-state index contributed by atoms with van der Waals surface area (Å²) in [5.41, 5.74) is 5.64. The van der Waals surface area contributed by atoms with E-state index in [1.165, 1.54) is 11.3 Å². The van der Waals surface area contributed by atoms with Crippen molar-refractivity contribution in [2.24, 2.45) is 0 Å². The van der Waals surface area contributed by atoms with Crippen molar-refractivity contribution in [1.82, 2.24) is 4.98 Å². The smallest absolute Gasteiger partial charge is 0.146 e. The number of benzene rings is 2. The number of aldehydes is 1. The van der Waals surface area contributed by atoms with E-state index in [2.05, 4.69) is 10.3 Å². The summed E-state index contributed by atoms with van der Waals surface area (Å²) in [6.07, 6.45) is 2.63. The number of aliphatic hydroxyl groups is 1. The summed E-state index contributed by atoms with van der Waals surface area (Å²) in [6.45, 7) is 0. The third-order valence-corrected chi connectivity index (χ3v) is 6.45. The lowest BCUT2D eigenvalue weighted by molar-refractivity contribution is -0.107. The fraction of sp³-hybridized carbons (Fsp3) is 0.0769. The second-order valence-corrected chi connectivity index (χ2v) is 8.28. The van der Waals surface area contributed by atoms with Crippen LogP contribution in [0.25, 0.3) is 33.7 Å². The maximum atomic E-state index is 11.8. The molecule has 5 nitrogen and oxygen atoms in total. The van der Waals surface area contributed by atoms with Crippen LogP contribution in [0.2, 0.25) is 0 Å². The molecule has 2 aromatic heterocycles. The Labute approximate surface area is 189 Å². The van der Waals surface area contributed by atoms with Crippen LogP contribution in [0.5, 0.6) is 5.75 Å². The van der Waals surface area contributed by atoms with Crippen molar-refractivity contribution in [3.8, 4) is 28.1 Å². The van der Waals surface area contributed by atoms with E-state index in [0.29, 0.717) is 11.1 Å². The molecule has 1 atom stereocenters.